The van der Waals surface area contributed by atoms with E-state index in [1.165, 1.54) is 0 Å². The number of carbonyl (C=O) groups is 1. The molecule has 0 fully saturated rings. The standard InChI is InChI=1S/C16H16N2O4/c1-11-3-2-4-16(17-11)22-10-15(19)18-12-5-6-13-14(9-12)21-8-7-20-13/h2-6,9H,7-8,10H2,1H3,(H,18,19). The van der Waals surface area contributed by atoms with Crippen LogP contribution in [0.25, 0.3) is 0 Å². The molecule has 1 aliphatic heterocycles. The van der Waals surface area contributed by atoms with E-state index in [-0.39, 0.29) is 12.5 Å². The highest BCUT2D eigenvalue weighted by atomic mass is 16.6. The van der Waals surface area contributed by atoms with E-state index in [0.717, 1.165) is 5.69 Å². The maximum atomic E-state index is 11.9. The number of hydrogen-bond acceptors (Lipinski definition) is 5. The number of rotatable bonds is 4. The van der Waals surface area contributed by atoms with Crippen LogP contribution in [0.4, 0.5) is 5.69 Å². The van der Waals surface area contributed by atoms with E-state index >= 15 is 0 Å². The van der Waals surface area contributed by atoms with Crippen LogP contribution in [0.3, 0.4) is 0 Å². The molecule has 6 heteroatoms. The minimum atomic E-state index is -0.264. The average Bonchev–Trinajstić information content (AvgIpc) is 2.53. The number of nitrogens with zero attached hydrogens (tertiary/aromatic N) is 1. The molecule has 0 spiro atoms. The summed E-state index contributed by atoms with van der Waals surface area (Å²) >= 11 is 0. The SMILES string of the molecule is Cc1cccc(OCC(=O)Nc2ccc3c(c2)OCCO3)n1. The molecule has 1 aromatic carbocycles. The topological polar surface area (TPSA) is 69.7 Å². The number of carbonyl (C=O) groups excluding carboxylic acids is 1. The Balaban J connectivity index is 1.57. The molecule has 1 aliphatic rings. The number of pyridine rings is 1. The van der Waals surface area contributed by atoms with Crippen molar-refractivity contribution < 1.29 is 19.0 Å². The van der Waals surface area contributed by atoms with Crippen molar-refractivity contribution in [2.75, 3.05) is 25.1 Å². The van der Waals surface area contributed by atoms with Crippen LogP contribution < -0.4 is 19.5 Å². The first-order chi connectivity index (χ1) is 10.7. The van der Waals surface area contributed by atoms with Crippen molar-refractivity contribution >= 4 is 11.6 Å². The van der Waals surface area contributed by atoms with Gasteiger partial charge in [-0.3, -0.25) is 4.79 Å². The lowest BCUT2D eigenvalue weighted by atomic mass is 10.2. The van der Waals surface area contributed by atoms with Crippen LogP contribution in [-0.4, -0.2) is 30.7 Å². The van der Waals surface area contributed by atoms with Gasteiger partial charge in [0, 0.05) is 23.5 Å². The first-order valence-corrected chi connectivity index (χ1v) is 6.97. The Bertz CT molecular complexity index is 688. The van der Waals surface area contributed by atoms with Gasteiger partial charge in [0.2, 0.25) is 5.88 Å². The normalized spacial score (nSPS) is 12.6. The zero-order chi connectivity index (χ0) is 15.4. The molecule has 0 atom stereocenters. The number of ether oxygens (including phenoxy) is 3. The van der Waals surface area contributed by atoms with Crippen molar-refractivity contribution in [1.29, 1.82) is 0 Å². The third-order valence-electron chi connectivity index (χ3n) is 3.04. The van der Waals surface area contributed by atoms with Crippen LogP contribution in [0.2, 0.25) is 0 Å². The molecule has 2 heterocycles. The van der Waals surface area contributed by atoms with Gasteiger partial charge in [-0.1, -0.05) is 6.07 Å². The van der Waals surface area contributed by atoms with Crippen molar-refractivity contribution in [3.8, 4) is 17.4 Å². The first-order valence-electron chi connectivity index (χ1n) is 6.97. The molecule has 1 N–H and O–H groups in total. The second-order valence-electron chi connectivity index (χ2n) is 4.81. The maximum Gasteiger partial charge on any atom is 0.262 e. The van der Waals surface area contributed by atoms with E-state index < -0.39 is 0 Å². The molecule has 22 heavy (non-hydrogen) atoms. The van der Waals surface area contributed by atoms with Gasteiger partial charge in [0.1, 0.15) is 13.2 Å². The second kappa shape index (κ2) is 6.34. The summed E-state index contributed by atoms with van der Waals surface area (Å²) < 4.78 is 16.3. The molecule has 0 bridgehead atoms. The van der Waals surface area contributed by atoms with E-state index in [4.69, 9.17) is 14.2 Å². The first kappa shape index (κ1) is 14.2. The zero-order valence-corrected chi connectivity index (χ0v) is 12.2. The zero-order valence-electron chi connectivity index (χ0n) is 12.2. The third kappa shape index (κ3) is 3.46. The summed E-state index contributed by atoms with van der Waals surface area (Å²) in [6, 6.07) is 10.7. The molecule has 6 nitrogen and oxygen atoms in total. The molecule has 0 unspecified atom stereocenters. The van der Waals surface area contributed by atoms with E-state index in [2.05, 4.69) is 10.3 Å². The number of aromatic nitrogens is 1. The Labute approximate surface area is 128 Å². The Morgan fingerprint density at radius 2 is 2.05 bits per heavy atom. The average molecular weight is 300 g/mol. The summed E-state index contributed by atoms with van der Waals surface area (Å²) in [7, 11) is 0. The summed E-state index contributed by atoms with van der Waals surface area (Å²) in [5.74, 6) is 1.48. The van der Waals surface area contributed by atoms with Crippen molar-refractivity contribution in [2.45, 2.75) is 6.92 Å². The highest BCUT2D eigenvalue weighted by Gasteiger charge is 2.13. The van der Waals surface area contributed by atoms with Gasteiger partial charge in [0.25, 0.3) is 5.91 Å². The van der Waals surface area contributed by atoms with Gasteiger partial charge in [0.05, 0.1) is 0 Å². The quantitative estimate of drug-likeness (QED) is 0.937. The number of benzene rings is 1. The lowest BCUT2D eigenvalue weighted by Crippen LogP contribution is -2.21. The minimum Gasteiger partial charge on any atom is -0.486 e. The van der Waals surface area contributed by atoms with E-state index in [1.54, 1.807) is 24.3 Å². The number of aryl methyl sites for hydroxylation is 1. The van der Waals surface area contributed by atoms with Crippen LogP contribution in [0, 0.1) is 6.92 Å². The van der Waals surface area contributed by atoms with Gasteiger partial charge < -0.3 is 19.5 Å². The molecule has 2 aromatic rings. The van der Waals surface area contributed by atoms with Crippen molar-refractivity contribution in [3.05, 3.63) is 42.1 Å². The lowest BCUT2D eigenvalue weighted by Gasteiger charge is -2.19. The predicted octanol–water partition coefficient (Wildman–Crippen LogP) is 2.18. The fourth-order valence-corrected chi connectivity index (χ4v) is 2.06. The largest absolute Gasteiger partial charge is 0.486 e. The molecule has 0 radical (unpaired) electrons. The molecular weight excluding hydrogens is 284 g/mol. The number of nitrogens with one attached hydrogen (secondary N) is 1. The van der Waals surface area contributed by atoms with Crippen LogP contribution >= 0.6 is 0 Å². The van der Waals surface area contributed by atoms with Gasteiger partial charge in [-0.15, -0.1) is 0 Å². The third-order valence-corrected chi connectivity index (χ3v) is 3.04. The second-order valence-corrected chi connectivity index (χ2v) is 4.81. The lowest BCUT2D eigenvalue weighted by molar-refractivity contribution is -0.118. The Hall–Kier alpha value is -2.76. The van der Waals surface area contributed by atoms with Crippen molar-refractivity contribution in [1.82, 2.24) is 4.98 Å². The molecule has 0 saturated carbocycles. The summed E-state index contributed by atoms with van der Waals surface area (Å²) in [5, 5.41) is 2.75. The number of anilines is 1. The van der Waals surface area contributed by atoms with Crippen LogP contribution in [-0.2, 0) is 4.79 Å². The maximum absolute atomic E-state index is 11.9. The van der Waals surface area contributed by atoms with E-state index in [1.807, 2.05) is 19.1 Å². The van der Waals surface area contributed by atoms with Crippen molar-refractivity contribution in [3.63, 3.8) is 0 Å². The van der Waals surface area contributed by atoms with Crippen LogP contribution in [0.1, 0.15) is 5.69 Å². The van der Waals surface area contributed by atoms with Crippen molar-refractivity contribution in [2.24, 2.45) is 0 Å². The van der Waals surface area contributed by atoms with Gasteiger partial charge in [0.15, 0.2) is 18.1 Å². The summed E-state index contributed by atoms with van der Waals surface area (Å²) in [6.07, 6.45) is 0. The Morgan fingerprint density at radius 3 is 2.86 bits per heavy atom. The molecule has 0 saturated heterocycles. The number of amides is 1. The van der Waals surface area contributed by atoms with Crippen LogP contribution in [0.15, 0.2) is 36.4 Å². The van der Waals surface area contributed by atoms with Gasteiger partial charge >= 0.3 is 0 Å². The van der Waals surface area contributed by atoms with Crippen LogP contribution in [0.5, 0.6) is 17.4 Å². The molecule has 0 aliphatic carbocycles. The highest BCUT2D eigenvalue weighted by Crippen LogP contribution is 2.32. The monoisotopic (exact) mass is 300 g/mol. The van der Waals surface area contributed by atoms with E-state index in [0.29, 0.717) is 36.3 Å². The molecule has 1 amide bonds. The minimum absolute atomic E-state index is 0.106. The van der Waals surface area contributed by atoms with Gasteiger partial charge in [-0.25, -0.2) is 4.98 Å². The molecular formula is C16H16N2O4. The summed E-state index contributed by atoms with van der Waals surface area (Å²) in [6.45, 7) is 2.80. The molecule has 114 valence electrons. The van der Waals surface area contributed by atoms with Gasteiger partial charge in [-0.05, 0) is 25.1 Å². The number of hydrogen-bond donors (Lipinski definition) is 1. The number of fused-ring (bicyclic) bond motifs is 1. The Kier molecular flexibility index (Phi) is 4.09. The summed E-state index contributed by atoms with van der Waals surface area (Å²) in [4.78, 5) is 16.1. The fraction of sp³-hybridized carbons (Fsp3) is 0.250. The molecule has 1 aromatic heterocycles. The Morgan fingerprint density at radius 1 is 1.23 bits per heavy atom. The van der Waals surface area contributed by atoms with Gasteiger partial charge in [-0.2, -0.15) is 0 Å². The predicted molar refractivity (Wildman–Crippen MR) is 80.5 cm³/mol. The highest BCUT2D eigenvalue weighted by molar-refractivity contribution is 5.92. The molecule has 3 rings (SSSR count). The van der Waals surface area contributed by atoms with E-state index in [9.17, 15) is 4.79 Å². The summed E-state index contributed by atoms with van der Waals surface area (Å²) in [5.41, 5.74) is 1.47. The fourth-order valence-electron chi connectivity index (χ4n) is 2.06. The smallest absolute Gasteiger partial charge is 0.262 e.